The first kappa shape index (κ1) is 12.1. The van der Waals surface area contributed by atoms with E-state index in [-0.39, 0.29) is 0 Å². The molecule has 84 valence electrons. The molecule has 0 bridgehead atoms. The van der Waals surface area contributed by atoms with Gasteiger partial charge in [0.2, 0.25) is 0 Å². The number of hydrogen-bond acceptors (Lipinski definition) is 3. The van der Waals surface area contributed by atoms with Crippen molar-refractivity contribution in [1.82, 2.24) is 0 Å². The molecule has 0 saturated heterocycles. The van der Waals surface area contributed by atoms with Crippen molar-refractivity contribution in [2.75, 3.05) is 13.2 Å². The van der Waals surface area contributed by atoms with Crippen LogP contribution < -0.4 is 4.74 Å². The Labute approximate surface area is 95.4 Å². The first-order valence-electron chi connectivity index (χ1n) is 5.18. The minimum atomic E-state index is -0.510. The highest BCUT2D eigenvalue weighted by Gasteiger charge is 1.95. The molecule has 0 heterocycles. The van der Waals surface area contributed by atoms with E-state index in [2.05, 4.69) is 11.8 Å². The van der Waals surface area contributed by atoms with Gasteiger partial charge in [-0.2, -0.15) is 0 Å². The average molecular weight is 218 g/mol. The topological polar surface area (TPSA) is 35.5 Å². The number of hydrogen-bond donors (Lipinski definition) is 0. The van der Waals surface area contributed by atoms with Gasteiger partial charge in [0, 0.05) is 11.5 Å². The van der Waals surface area contributed by atoms with E-state index in [1.54, 1.807) is 13.0 Å². The summed E-state index contributed by atoms with van der Waals surface area (Å²) >= 11 is 0. The molecule has 0 unspecified atom stereocenters. The van der Waals surface area contributed by atoms with Gasteiger partial charge in [-0.3, -0.25) is 0 Å². The first-order chi connectivity index (χ1) is 7.76. The van der Waals surface area contributed by atoms with Crippen LogP contribution in [0.5, 0.6) is 5.75 Å². The fourth-order valence-electron chi connectivity index (χ4n) is 1.12. The molecule has 0 aliphatic carbocycles. The highest BCUT2D eigenvalue weighted by Crippen LogP contribution is 2.12. The number of esters is 1. The lowest BCUT2D eigenvalue weighted by Crippen LogP contribution is -1.99. The van der Waals surface area contributed by atoms with Gasteiger partial charge in [0.25, 0.3) is 0 Å². The molecule has 1 aromatic rings. The van der Waals surface area contributed by atoms with Crippen molar-refractivity contribution < 1.29 is 14.3 Å². The number of ether oxygens (including phenoxy) is 2. The molecule has 0 aliphatic heterocycles. The Kier molecular flexibility index (Phi) is 4.94. The third-order valence-electron chi connectivity index (χ3n) is 1.73. The van der Waals surface area contributed by atoms with Gasteiger partial charge in [0.1, 0.15) is 5.75 Å². The highest BCUT2D eigenvalue weighted by molar-refractivity contribution is 5.89. The largest absolute Gasteiger partial charge is 0.494 e. The van der Waals surface area contributed by atoms with E-state index in [1.165, 1.54) is 0 Å². The van der Waals surface area contributed by atoms with E-state index >= 15 is 0 Å². The number of rotatable bonds is 3. The van der Waals surface area contributed by atoms with Crippen molar-refractivity contribution in [2.24, 2.45) is 0 Å². The number of carbonyl (C=O) groups excluding carboxylic acids is 1. The fourth-order valence-corrected chi connectivity index (χ4v) is 1.12. The molecule has 0 aliphatic rings. The van der Waals surface area contributed by atoms with Crippen LogP contribution >= 0.6 is 0 Å². The lowest BCUT2D eigenvalue weighted by Gasteiger charge is -2.01. The van der Waals surface area contributed by atoms with Gasteiger partial charge < -0.3 is 9.47 Å². The van der Waals surface area contributed by atoms with Crippen LogP contribution in [0.2, 0.25) is 0 Å². The predicted molar refractivity (Wildman–Crippen MR) is 61.1 cm³/mol. The van der Waals surface area contributed by atoms with Crippen LogP contribution in [-0.4, -0.2) is 19.2 Å². The van der Waals surface area contributed by atoms with Crippen LogP contribution in [0.1, 0.15) is 19.4 Å². The van der Waals surface area contributed by atoms with Crippen molar-refractivity contribution in [2.45, 2.75) is 13.8 Å². The molecule has 3 heteroatoms. The van der Waals surface area contributed by atoms with Crippen molar-refractivity contribution in [3.8, 4) is 17.6 Å². The first-order valence-corrected chi connectivity index (χ1v) is 5.18. The minimum Gasteiger partial charge on any atom is -0.494 e. The van der Waals surface area contributed by atoms with Crippen molar-refractivity contribution >= 4 is 5.97 Å². The molecule has 1 rings (SSSR count). The summed E-state index contributed by atoms with van der Waals surface area (Å²) in [5.41, 5.74) is 0.735. The summed E-state index contributed by atoms with van der Waals surface area (Å²) in [6.07, 6.45) is 0. The molecule has 16 heavy (non-hydrogen) atoms. The summed E-state index contributed by atoms with van der Waals surface area (Å²) in [4.78, 5) is 11.0. The van der Waals surface area contributed by atoms with Gasteiger partial charge in [0.15, 0.2) is 0 Å². The molecule has 1 aromatic carbocycles. The van der Waals surface area contributed by atoms with Crippen LogP contribution in [-0.2, 0) is 9.53 Å². The summed E-state index contributed by atoms with van der Waals surface area (Å²) in [6.45, 7) is 4.60. The van der Waals surface area contributed by atoms with E-state index in [9.17, 15) is 4.79 Å². The van der Waals surface area contributed by atoms with E-state index < -0.39 is 5.97 Å². The van der Waals surface area contributed by atoms with Gasteiger partial charge in [0.05, 0.1) is 13.2 Å². The second kappa shape index (κ2) is 6.52. The van der Waals surface area contributed by atoms with Crippen molar-refractivity contribution in [1.29, 1.82) is 0 Å². The highest BCUT2D eigenvalue weighted by atomic mass is 16.5. The van der Waals surface area contributed by atoms with Crippen LogP contribution in [0.3, 0.4) is 0 Å². The standard InChI is InChI=1S/C13H14O3/c1-3-15-12-7-5-6-11(10-12)8-9-13(14)16-4-2/h5-7,10H,3-4H2,1-2H3. The molecule has 0 fully saturated rings. The molecule has 0 spiro atoms. The lowest BCUT2D eigenvalue weighted by atomic mass is 10.2. The van der Waals surface area contributed by atoms with Crippen molar-refractivity contribution in [3.05, 3.63) is 29.8 Å². The maximum Gasteiger partial charge on any atom is 0.384 e. The Morgan fingerprint density at radius 1 is 1.31 bits per heavy atom. The van der Waals surface area contributed by atoms with Crippen LogP contribution in [0.4, 0.5) is 0 Å². The van der Waals surface area contributed by atoms with Crippen LogP contribution in [0.25, 0.3) is 0 Å². The Hall–Kier alpha value is -1.95. The SMILES string of the molecule is CCOC(=O)C#Cc1cccc(OCC)c1. The normalized spacial score (nSPS) is 8.88. The molecule has 3 nitrogen and oxygen atoms in total. The zero-order chi connectivity index (χ0) is 11.8. The Balaban J connectivity index is 2.73. The second-order valence-electron chi connectivity index (χ2n) is 2.93. The van der Waals surface area contributed by atoms with Gasteiger partial charge in [-0.05, 0) is 32.0 Å². The van der Waals surface area contributed by atoms with E-state index in [0.29, 0.717) is 13.2 Å². The summed E-state index contributed by atoms with van der Waals surface area (Å²) in [5, 5.41) is 0. The predicted octanol–water partition coefficient (Wildman–Crippen LogP) is 2.00. The zero-order valence-electron chi connectivity index (χ0n) is 9.45. The average Bonchev–Trinajstić information content (AvgIpc) is 2.28. The molecule has 0 N–H and O–H groups in total. The molecule has 0 saturated carbocycles. The van der Waals surface area contributed by atoms with Gasteiger partial charge in [-0.25, -0.2) is 4.79 Å². The molecule has 0 amide bonds. The molecular formula is C13H14O3. The van der Waals surface area contributed by atoms with E-state index in [4.69, 9.17) is 9.47 Å². The Morgan fingerprint density at radius 2 is 2.12 bits per heavy atom. The summed E-state index contributed by atoms with van der Waals surface area (Å²) < 4.78 is 10.0. The van der Waals surface area contributed by atoms with Gasteiger partial charge in [-0.1, -0.05) is 12.0 Å². The molecular weight excluding hydrogens is 204 g/mol. The van der Waals surface area contributed by atoms with E-state index in [0.717, 1.165) is 11.3 Å². The molecule has 0 aromatic heterocycles. The molecule has 0 atom stereocenters. The summed E-state index contributed by atoms with van der Waals surface area (Å²) in [7, 11) is 0. The fraction of sp³-hybridized carbons (Fsp3) is 0.308. The quantitative estimate of drug-likeness (QED) is 0.575. The van der Waals surface area contributed by atoms with Gasteiger partial charge in [-0.15, -0.1) is 0 Å². The van der Waals surface area contributed by atoms with E-state index in [1.807, 2.05) is 25.1 Å². The maximum atomic E-state index is 11.0. The minimum absolute atomic E-state index is 0.340. The third kappa shape index (κ3) is 4.05. The number of carbonyl (C=O) groups is 1. The summed E-state index contributed by atoms with van der Waals surface area (Å²) in [6, 6.07) is 7.28. The van der Waals surface area contributed by atoms with Gasteiger partial charge >= 0.3 is 5.97 Å². The molecule has 0 radical (unpaired) electrons. The van der Waals surface area contributed by atoms with Crippen molar-refractivity contribution in [3.63, 3.8) is 0 Å². The number of benzene rings is 1. The van der Waals surface area contributed by atoms with Crippen LogP contribution in [0, 0.1) is 11.8 Å². The Morgan fingerprint density at radius 3 is 2.81 bits per heavy atom. The summed E-state index contributed by atoms with van der Waals surface area (Å²) in [5.74, 6) is 5.36. The van der Waals surface area contributed by atoms with Crippen LogP contribution in [0.15, 0.2) is 24.3 Å². The smallest absolute Gasteiger partial charge is 0.384 e. The monoisotopic (exact) mass is 218 g/mol. The second-order valence-corrected chi connectivity index (χ2v) is 2.93. The third-order valence-corrected chi connectivity index (χ3v) is 1.73. The lowest BCUT2D eigenvalue weighted by molar-refractivity contribution is -0.136. The maximum absolute atomic E-state index is 11.0. The zero-order valence-corrected chi connectivity index (χ0v) is 9.45. The Bertz CT molecular complexity index is 413.